The van der Waals surface area contributed by atoms with E-state index in [-0.39, 0.29) is 0 Å². The van der Waals surface area contributed by atoms with E-state index in [0.29, 0.717) is 13.2 Å². The van der Waals surface area contributed by atoms with Crippen LogP contribution in [0.3, 0.4) is 0 Å². The summed E-state index contributed by atoms with van der Waals surface area (Å²) in [5.74, 6) is 0. The van der Waals surface area contributed by atoms with Gasteiger partial charge < -0.3 is 14.1 Å². The topological polar surface area (TPSA) is 31.2 Å². The van der Waals surface area contributed by atoms with Gasteiger partial charge in [-0.15, -0.1) is 0 Å². The maximum atomic E-state index is 10.5. The monoisotopic (exact) mass is 203 g/mol. The Kier molecular flexibility index (Phi) is 2.83. The van der Waals surface area contributed by atoms with Gasteiger partial charge in [0.15, 0.2) is 0 Å². The first kappa shape index (κ1) is 9.93. The smallest absolute Gasteiger partial charge is 0.124 e. The van der Waals surface area contributed by atoms with Gasteiger partial charge in [-0.3, -0.25) is 0 Å². The van der Waals surface area contributed by atoms with Crippen LogP contribution < -0.4 is 0 Å². The molecule has 1 heterocycles. The predicted molar refractivity (Wildman–Crippen MR) is 58.7 cm³/mol. The Morgan fingerprint density at radius 3 is 2.93 bits per heavy atom. The predicted octanol–water partition coefficient (Wildman–Crippen LogP) is 1.99. The molecule has 3 nitrogen and oxygen atoms in total. The molecular formula is C12H13NO2. The summed E-state index contributed by atoms with van der Waals surface area (Å²) in [6, 6.07) is 8.02. The fourth-order valence-corrected chi connectivity index (χ4v) is 1.82. The van der Waals surface area contributed by atoms with Gasteiger partial charge in [0, 0.05) is 25.1 Å². The number of fused-ring (bicyclic) bond motifs is 1. The Balaban J connectivity index is 2.56. The number of carbonyl (C=O) groups is 1. The Labute approximate surface area is 88.3 Å². The highest BCUT2D eigenvalue weighted by Gasteiger charge is 2.06. The van der Waals surface area contributed by atoms with Crippen LogP contribution in [-0.2, 0) is 22.7 Å². The average Bonchev–Trinajstić information content (AvgIpc) is 2.59. The zero-order valence-electron chi connectivity index (χ0n) is 8.64. The lowest BCUT2D eigenvalue weighted by atomic mass is 10.1. The summed E-state index contributed by atoms with van der Waals surface area (Å²) in [4.78, 5) is 10.5. The zero-order chi connectivity index (χ0) is 10.7. The number of ether oxygens (including phenoxy) is 1. The third-order valence-electron chi connectivity index (χ3n) is 2.44. The molecule has 0 saturated carbocycles. The zero-order valence-corrected chi connectivity index (χ0v) is 8.64. The summed E-state index contributed by atoms with van der Waals surface area (Å²) in [5, 5.41) is 1.13. The number of hydrogen-bond acceptors (Lipinski definition) is 2. The van der Waals surface area contributed by atoms with E-state index in [1.54, 1.807) is 7.11 Å². The number of carbonyl (C=O) groups excluding carboxylic acids is 1. The van der Waals surface area contributed by atoms with E-state index in [2.05, 4.69) is 0 Å². The van der Waals surface area contributed by atoms with E-state index in [9.17, 15) is 4.79 Å². The standard InChI is InChI=1S/C12H13NO2/c1-15-9-13-8-10(6-7-14)11-4-2-3-5-12(11)13/h2-5,7-8H,6,9H2,1H3. The second kappa shape index (κ2) is 4.28. The summed E-state index contributed by atoms with van der Waals surface area (Å²) in [6.45, 7) is 0.513. The molecule has 0 bridgehead atoms. The first-order chi connectivity index (χ1) is 7.36. The van der Waals surface area contributed by atoms with Crippen LogP contribution in [0.4, 0.5) is 0 Å². The molecule has 2 aromatic rings. The first-order valence-electron chi connectivity index (χ1n) is 4.86. The molecule has 2 rings (SSSR count). The SMILES string of the molecule is COCn1cc(CC=O)c2ccccc21. The molecule has 3 heteroatoms. The van der Waals surface area contributed by atoms with Crippen LogP contribution in [0.2, 0.25) is 0 Å². The van der Waals surface area contributed by atoms with Gasteiger partial charge in [0.05, 0.1) is 5.52 Å². The fraction of sp³-hybridized carbons (Fsp3) is 0.250. The van der Waals surface area contributed by atoms with Crippen molar-refractivity contribution in [2.45, 2.75) is 13.2 Å². The molecule has 0 aliphatic heterocycles. The van der Waals surface area contributed by atoms with Crippen LogP contribution in [0, 0.1) is 0 Å². The minimum atomic E-state index is 0.456. The van der Waals surface area contributed by atoms with Gasteiger partial charge in [0.1, 0.15) is 13.0 Å². The number of methoxy groups -OCH3 is 1. The molecule has 0 amide bonds. The number of aromatic nitrogens is 1. The Morgan fingerprint density at radius 1 is 1.40 bits per heavy atom. The highest BCUT2D eigenvalue weighted by molar-refractivity contribution is 5.85. The van der Waals surface area contributed by atoms with Crippen LogP contribution >= 0.6 is 0 Å². The molecule has 0 N–H and O–H groups in total. The number of aldehydes is 1. The number of benzene rings is 1. The van der Waals surface area contributed by atoms with Crippen LogP contribution in [0.25, 0.3) is 10.9 Å². The van der Waals surface area contributed by atoms with Crippen molar-refractivity contribution in [1.82, 2.24) is 4.57 Å². The minimum absolute atomic E-state index is 0.456. The molecule has 0 saturated heterocycles. The highest BCUT2D eigenvalue weighted by Crippen LogP contribution is 2.21. The van der Waals surface area contributed by atoms with Crippen molar-refractivity contribution in [1.29, 1.82) is 0 Å². The van der Waals surface area contributed by atoms with Crippen molar-refractivity contribution in [3.63, 3.8) is 0 Å². The molecule has 0 unspecified atom stereocenters. The lowest BCUT2D eigenvalue weighted by Crippen LogP contribution is -1.97. The normalized spacial score (nSPS) is 10.7. The van der Waals surface area contributed by atoms with Gasteiger partial charge in [0.2, 0.25) is 0 Å². The fourth-order valence-electron chi connectivity index (χ4n) is 1.82. The number of para-hydroxylation sites is 1. The highest BCUT2D eigenvalue weighted by atomic mass is 16.5. The number of rotatable bonds is 4. The lowest BCUT2D eigenvalue weighted by molar-refractivity contribution is -0.107. The quantitative estimate of drug-likeness (QED) is 0.711. The molecule has 15 heavy (non-hydrogen) atoms. The second-order valence-electron chi connectivity index (χ2n) is 3.43. The van der Waals surface area contributed by atoms with Crippen molar-refractivity contribution >= 4 is 17.2 Å². The average molecular weight is 203 g/mol. The Morgan fingerprint density at radius 2 is 2.20 bits per heavy atom. The Bertz CT molecular complexity index is 473. The summed E-state index contributed by atoms with van der Waals surface area (Å²) in [7, 11) is 1.66. The van der Waals surface area contributed by atoms with E-state index >= 15 is 0 Å². The van der Waals surface area contributed by atoms with Gasteiger partial charge in [-0.2, -0.15) is 0 Å². The van der Waals surface area contributed by atoms with E-state index in [1.807, 2.05) is 35.0 Å². The van der Waals surface area contributed by atoms with Gasteiger partial charge in [-0.25, -0.2) is 0 Å². The van der Waals surface area contributed by atoms with Crippen molar-refractivity contribution < 1.29 is 9.53 Å². The van der Waals surface area contributed by atoms with Gasteiger partial charge in [-0.05, 0) is 11.6 Å². The summed E-state index contributed by atoms with van der Waals surface area (Å²) >= 11 is 0. The molecule has 78 valence electrons. The third-order valence-corrected chi connectivity index (χ3v) is 2.44. The van der Waals surface area contributed by atoms with Crippen LogP contribution in [0.15, 0.2) is 30.5 Å². The van der Waals surface area contributed by atoms with Gasteiger partial charge in [0.25, 0.3) is 0 Å². The number of hydrogen-bond donors (Lipinski definition) is 0. The Hall–Kier alpha value is -1.61. The van der Waals surface area contributed by atoms with E-state index in [0.717, 1.165) is 22.8 Å². The molecule has 0 aliphatic rings. The first-order valence-corrected chi connectivity index (χ1v) is 4.86. The van der Waals surface area contributed by atoms with Crippen LogP contribution in [-0.4, -0.2) is 18.0 Å². The van der Waals surface area contributed by atoms with Crippen molar-refractivity contribution in [2.75, 3.05) is 7.11 Å². The van der Waals surface area contributed by atoms with Crippen LogP contribution in [0.1, 0.15) is 5.56 Å². The van der Waals surface area contributed by atoms with Gasteiger partial charge >= 0.3 is 0 Å². The molecular weight excluding hydrogens is 190 g/mol. The van der Waals surface area contributed by atoms with E-state index in [4.69, 9.17) is 4.74 Å². The van der Waals surface area contributed by atoms with Crippen molar-refractivity contribution in [3.05, 3.63) is 36.0 Å². The summed E-state index contributed by atoms with van der Waals surface area (Å²) in [6.07, 6.45) is 3.36. The summed E-state index contributed by atoms with van der Waals surface area (Å²) in [5.41, 5.74) is 2.16. The third kappa shape index (κ3) is 1.78. The molecule has 1 aromatic carbocycles. The van der Waals surface area contributed by atoms with Gasteiger partial charge in [-0.1, -0.05) is 18.2 Å². The maximum absolute atomic E-state index is 10.5. The molecule has 0 aliphatic carbocycles. The lowest BCUT2D eigenvalue weighted by Gasteiger charge is -2.01. The second-order valence-corrected chi connectivity index (χ2v) is 3.43. The summed E-state index contributed by atoms with van der Waals surface area (Å²) < 4.78 is 7.11. The van der Waals surface area contributed by atoms with Crippen molar-refractivity contribution in [3.8, 4) is 0 Å². The molecule has 1 aromatic heterocycles. The molecule has 0 spiro atoms. The maximum Gasteiger partial charge on any atom is 0.124 e. The van der Waals surface area contributed by atoms with Crippen LogP contribution in [0.5, 0.6) is 0 Å². The molecule has 0 atom stereocenters. The minimum Gasteiger partial charge on any atom is -0.364 e. The number of nitrogens with zero attached hydrogens (tertiary/aromatic N) is 1. The molecule has 0 radical (unpaired) electrons. The van der Waals surface area contributed by atoms with E-state index in [1.165, 1.54) is 0 Å². The molecule has 0 fully saturated rings. The largest absolute Gasteiger partial charge is 0.364 e. The van der Waals surface area contributed by atoms with Crippen molar-refractivity contribution in [2.24, 2.45) is 0 Å². The van der Waals surface area contributed by atoms with E-state index < -0.39 is 0 Å².